The lowest BCUT2D eigenvalue weighted by atomic mass is 10.0. The van der Waals surface area contributed by atoms with Crippen molar-refractivity contribution >= 4 is 44.1 Å². The number of anilines is 3. The van der Waals surface area contributed by atoms with Crippen LogP contribution in [0.15, 0.2) is 76.1 Å². The van der Waals surface area contributed by atoms with E-state index in [2.05, 4.69) is 15.6 Å². The number of carbonyl (C=O) groups excluding carboxylic acids is 1. The lowest BCUT2D eigenvalue weighted by molar-refractivity contribution is 0.101. The van der Waals surface area contributed by atoms with Gasteiger partial charge in [-0.05, 0) is 48.9 Å². The first-order chi connectivity index (χ1) is 17.7. The number of aromatic nitrogens is 3. The summed E-state index contributed by atoms with van der Waals surface area (Å²) in [5.74, 6) is -0.173. The highest BCUT2D eigenvalue weighted by atomic mass is 32.2. The maximum absolute atomic E-state index is 13.3. The zero-order valence-corrected chi connectivity index (χ0v) is 20.5. The highest BCUT2D eigenvalue weighted by Gasteiger charge is 2.20. The quantitative estimate of drug-likeness (QED) is 0.247. The summed E-state index contributed by atoms with van der Waals surface area (Å²) >= 11 is 0. The summed E-state index contributed by atoms with van der Waals surface area (Å²) in [5, 5.41) is 17.1. The third kappa shape index (κ3) is 4.50. The molecule has 5 rings (SSSR count). The van der Waals surface area contributed by atoms with Gasteiger partial charge in [0.25, 0.3) is 5.91 Å². The van der Waals surface area contributed by atoms with Crippen LogP contribution < -0.4 is 21.9 Å². The molecular weight excluding hydrogens is 494 g/mol. The summed E-state index contributed by atoms with van der Waals surface area (Å²) in [6.07, 6.45) is 0.621. The molecule has 0 aliphatic carbocycles. The topological polar surface area (TPSA) is 185 Å². The fraction of sp³-hybridized carbons (Fsp3) is 0.0800. The van der Waals surface area contributed by atoms with Crippen LogP contribution in [0.2, 0.25) is 0 Å². The van der Waals surface area contributed by atoms with Crippen LogP contribution in [0.25, 0.3) is 27.8 Å². The Kier molecular flexibility index (Phi) is 5.90. The van der Waals surface area contributed by atoms with Crippen LogP contribution in [0.5, 0.6) is 0 Å². The molecule has 188 valence electrons. The molecule has 12 heteroatoms. The lowest BCUT2D eigenvalue weighted by Gasteiger charge is -2.13. The van der Waals surface area contributed by atoms with Crippen LogP contribution in [0.3, 0.4) is 0 Å². The van der Waals surface area contributed by atoms with Crippen molar-refractivity contribution in [3.63, 3.8) is 0 Å². The van der Waals surface area contributed by atoms with Gasteiger partial charge in [-0.3, -0.25) is 4.79 Å². The number of nitrogen functional groups attached to an aromatic ring is 2. The Morgan fingerprint density at radius 2 is 1.81 bits per heavy atom. The highest BCUT2D eigenvalue weighted by molar-refractivity contribution is 7.89. The molecule has 0 bridgehead atoms. The van der Waals surface area contributed by atoms with Crippen molar-refractivity contribution < 1.29 is 17.7 Å². The van der Waals surface area contributed by atoms with E-state index in [1.807, 2.05) is 6.92 Å². The van der Waals surface area contributed by atoms with Gasteiger partial charge in [0.2, 0.25) is 10.0 Å². The minimum Gasteiger partial charge on any atom is -0.398 e. The number of nitrogens with zero attached hydrogens (tertiary/aromatic N) is 3. The normalized spacial score (nSPS) is 11.6. The van der Waals surface area contributed by atoms with Crippen molar-refractivity contribution in [3.8, 4) is 16.8 Å². The average Bonchev–Trinajstić information content (AvgIpc) is 3.47. The monoisotopic (exact) mass is 517 g/mol. The van der Waals surface area contributed by atoms with Gasteiger partial charge in [-0.1, -0.05) is 36.3 Å². The van der Waals surface area contributed by atoms with E-state index >= 15 is 0 Å². The Morgan fingerprint density at radius 3 is 2.54 bits per heavy atom. The number of benzene rings is 3. The molecule has 0 spiro atoms. The average molecular weight is 518 g/mol. The fourth-order valence-electron chi connectivity index (χ4n) is 4.06. The minimum atomic E-state index is -3.96. The lowest BCUT2D eigenvalue weighted by Crippen LogP contribution is -2.17. The number of nitrogens with two attached hydrogens (primary N) is 3. The van der Waals surface area contributed by atoms with Crippen molar-refractivity contribution in [2.75, 3.05) is 16.8 Å². The van der Waals surface area contributed by atoms with Gasteiger partial charge in [0.1, 0.15) is 5.69 Å². The number of fused-ring (bicyclic) bond motifs is 1. The van der Waals surface area contributed by atoms with E-state index in [4.69, 9.17) is 21.1 Å². The molecule has 37 heavy (non-hydrogen) atoms. The highest BCUT2D eigenvalue weighted by Crippen LogP contribution is 2.33. The van der Waals surface area contributed by atoms with E-state index in [1.54, 1.807) is 60.7 Å². The van der Waals surface area contributed by atoms with E-state index in [0.29, 0.717) is 45.6 Å². The fourth-order valence-corrected chi connectivity index (χ4v) is 4.81. The van der Waals surface area contributed by atoms with Crippen LogP contribution in [-0.2, 0) is 16.4 Å². The summed E-state index contributed by atoms with van der Waals surface area (Å²) < 4.78 is 30.7. The van der Waals surface area contributed by atoms with Gasteiger partial charge in [-0.15, -0.1) is 0 Å². The molecule has 0 aliphatic rings. The van der Waals surface area contributed by atoms with Crippen molar-refractivity contribution in [2.24, 2.45) is 5.14 Å². The van der Waals surface area contributed by atoms with Crippen molar-refractivity contribution in [2.45, 2.75) is 18.2 Å². The Hall–Kier alpha value is -4.68. The molecule has 11 nitrogen and oxygen atoms in total. The van der Waals surface area contributed by atoms with Gasteiger partial charge < -0.3 is 21.3 Å². The molecule has 5 aromatic rings. The largest absolute Gasteiger partial charge is 0.398 e. The summed E-state index contributed by atoms with van der Waals surface area (Å²) in [6, 6.07) is 18.0. The number of sulfonamides is 1. The Morgan fingerprint density at radius 1 is 1.03 bits per heavy atom. The Balaban J connectivity index is 1.48. The summed E-state index contributed by atoms with van der Waals surface area (Å²) in [4.78, 5) is 13.3. The number of hydrogen-bond donors (Lipinski definition) is 4. The first-order valence-electron chi connectivity index (χ1n) is 11.2. The van der Waals surface area contributed by atoms with E-state index in [9.17, 15) is 13.2 Å². The molecule has 2 aromatic heterocycles. The molecule has 0 aliphatic heterocycles. The van der Waals surface area contributed by atoms with Gasteiger partial charge in [0.15, 0.2) is 11.4 Å². The third-order valence-electron chi connectivity index (χ3n) is 5.87. The molecule has 0 atom stereocenters. The van der Waals surface area contributed by atoms with Crippen LogP contribution in [-0.4, -0.2) is 29.3 Å². The maximum Gasteiger partial charge on any atom is 0.274 e. The molecule has 2 heterocycles. The second kappa shape index (κ2) is 9.08. The van der Waals surface area contributed by atoms with E-state index in [1.165, 1.54) is 10.7 Å². The standard InChI is InChI=1S/C25H23N7O4S/c1-2-14-12-21(32(30-14)16-8-10-22-19(13-16)24(27)31-36-22)25(33)29-15-7-9-17(20(26)11-15)18-5-3-4-6-23(18)37(28,34)35/h3-13H,2,26H2,1H3,(H2,27,31)(H,29,33)(H2,28,34,35). The van der Waals surface area contributed by atoms with Crippen LogP contribution in [0.4, 0.5) is 17.2 Å². The summed E-state index contributed by atoms with van der Waals surface area (Å²) in [7, 11) is -3.96. The third-order valence-corrected chi connectivity index (χ3v) is 6.84. The first kappa shape index (κ1) is 24.0. The first-order valence-corrected chi connectivity index (χ1v) is 12.8. The second-order valence-electron chi connectivity index (χ2n) is 8.33. The SMILES string of the molecule is CCc1cc(C(=O)Nc2ccc(-c3ccccc3S(N)(=O)=O)c(N)c2)n(-c2ccc3onc(N)c3c2)n1. The van der Waals surface area contributed by atoms with E-state index in [-0.39, 0.29) is 16.4 Å². The second-order valence-corrected chi connectivity index (χ2v) is 9.86. The molecular formula is C25H23N7O4S. The minimum absolute atomic E-state index is 0.0417. The maximum atomic E-state index is 13.3. The number of aryl methyl sites for hydroxylation is 1. The number of primary sulfonamides is 1. The van der Waals surface area contributed by atoms with E-state index in [0.717, 1.165) is 5.69 Å². The molecule has 0 fully saturated rings. The summed E-state index contributed by atoms with van der Waals surface area (Å²) in [6.45, 7) is 1.94. The Labute approximate surface area is 211 Å². The predicted octanol–water partition coefficient (Wildman–Crippen LogP) is 3.31. The van der Waals surface area contributed by atoms with Gasteiger partial charge in [0, 0.05) is 22.5 Å². The number of hydrogen-bond acceptors (Lipinski definition) is 8. The van der Waals surface area contributed by atoms with Crippen LogP contribution in [0.1, 0.15) is 23.1 Å². The molecule has 7 N–H and O–H groups in total. The Bertz CT molecular complexity index is 1770. The van der Waals surface area contributed by atoms with Crippen molar-refractivity contribution in [3.05, 3.63) is 78.1 Å². The molecule has 0 unspecified atom stereocenters. The van der Waals surface area contributed by atoms with Gasteiger partial charge in [-0.25, -0.2) is 18.2 Å². The zero-order chi connectivity index (χ0) is 26.3. The number of rotatable bonds is 6. The van der Waals surface area contributed by atoms with Crippen molar-refractivity contribution in [1.82, 2.24) is 14.9 Å². The summed E-state index contributed by atoms with van der Waals surface area (Å²) in [5.41, 5.74) is 15.8. The van der Waals surface area contributed by atoms with Gasteiger partial charge in [-0.2, -0.15) is 5.10 Å². The number of carbonyl (C=O) groups is 1. The van der Waals surface area contributed by atoms with Gasteiger partial charge in [0.05, 0.1) is 21.7 Å². The van der Waals surface area contributed by atoms with Crippen LogP contribution >= 0.6 is 0 Å². The van der Waals surface area contributed by atoms with Crippen molar-refractivity contribution in [1.29, 1.82) is 0 Å². The molecule has 1 amide bonds. The molecule has 3 aromatic carbocycles. The van der Waals surface area contributed by atoms with Crippen LogP contribution in [0, 0.1) is 0 Å². The van der Waals surface area contributed by atoms with Gasteiger partial charge >= 0.3 is 0 Å². The number of nitrogens with one attached hydrogen (secondary N) is 1. The molecule has 0 saturated heterocycles. The smallest absolute Gasteiger partial charge is 0.274 e. The molecule has 0 radical (unpaired) electrons. The predicted molar refractivity (Wildman–Crippen MR) is 141 cm³/mol. The molecule has 0 saturated carbocycles. The zero-order valence-electron chi connectivity index (χ0n) is 19.7. The van der Waals surface area contributed by atoms with E-state index < -0.39 is 15.9 Å². The number of amides is 1.